The van der Waals surface area contributed by atoms with Crippen molar-refractivity contribution in [2.45, 2.75) is 109 Å². The third-order valence-electron chi connectivity index (χ3n) is 7.93. The maximum Gasteiger partial charge on any atom is 0.237 e. The van der Waals surface area contributed by atoms with Gasteiger partial charge in [-0.25, -0.2) is 0 Å². The SMILES string of the molecule is CCCCCCCCCCCC(=O)N(CCCNC(=O)[C@H](N)Cc1ccccc1)CCCNC(=O)[C@H](N)Cc1ccccc1. The topological polar surface area (TPSA) is 131 Å². The Morgan fingerprint density at radius 3 is 1.45 bits per heavy atom. The maximum absolute atomic E-state index is 13.1. The van der Waals surface area contributed by atoms with Crippen LogP contribution >= 0.6 is 0 Å². The molecule has 0 saturated carbocycles. The van der Waals surface area contributed by atoms with Crippen LogP contribution in [0.15, 0.2) is 60.7 Å². The van der Waals surface area contributed by atoms with Crippen molar-refractivity contribution >= 4 is 17.7 Å². The van der Waals surface area contributed by atoms with E-state index in [1.807, 2.05) is 65.6 Å². The Kier molecular flexibility index (Phi) is 19.5. The van der Waals surface area contributed by atoms with Gasteiger partial charge in [-0.1, -0.05) is 119 Å². The Balaban J connectivity index is 1.74. The fourth-order valence-electron chi connectivity index (χ4n) is 5.25. The lowest BCUT2D eigenvalue weighted by Crippen LogP contribution is -2.44. The molecule has 2 atom stereocenters. The lowest BCUT2D eigenvalue weighted by molar-refractivity contribution is -0.131. The van der Waals surface area contributed by atoms with Crippen LogP contribution < -0.4 is 22.1 Å². The number of nitrogens with one attached hydrogen (secondary N) is 2. The highest BCUT2D eigenvalue weighted by Crippen LogP contribution is 2.12. The third-order valence-corrected chi connectivity index (χ3v) is 7.93. The van der Waals surface area contributed by atoms with Gasteiger partial charge < -0.3 is 27.0 Å². The summed E-state index contributed by atoms with van der Waals surface area (Å²) in [6, 6.07) is 18.2. The van der Waals surface area contributed by atoms with Crippen molar-refractivity contribution in [3.05, 3.63) is 71.8 Å². The van der Waals surface area contributed by atoms with Crippen LogP contribution in [0.5, 0.6) is 0 Å². The summed E-state index contributed by atoms with van der Waals surface area (Å²) in [6.07, 6.45) is 13.6. The van der Waals surface area contributed by atoms with Crippen LogP contribution in [0.2, 0.25) is 0 Å². The number of carbonyl (C=O) groups is 3. The number of unbranched alkanes of at least 4 members (excludes halogenated alkanes) is 8. The van der Waals surface area contributed by atoms with Gasteiger partial charge in [0.15, 0.2) is 0 Å². The summed E-state index contributed by atoms with van der Waals surface area (Å²) in [4.78, 5) is 40.0. The van der Waals surface area contributed by atoms with Gasteiger partial charge in [0, 0.05) is 32.6 Å². The molecule has 0 saturated heterocycles. The molecule has 44 heavy (non-hydrogen) atoms. The van der Waals surface area contributed by atoms with Crippen LogP contribution in [0.1, 0.15) is 95.1 Å². The van der Waals surface area contributed by atoms with E-state index in [1.165, 1.54) is 44.9 Å². The first-order valence-corrected chi connectivity index (χ1v) is 16.8. The molecule has 244 valence electrons. The zero-order chi connectivity index (χ0) is 31.8. The Hall–Kier alpha value is -3.23. The van der Waals surface area contributed by atoms with E-state index in [1.54, 1.807) is 0 Å². The van der Waals surface area contributed by atoms with Gasteiger partial charge in [0.1, 0.15) is 0 Å². The maximum atomic E-state index is 13.1. The molecule has 0 unspecified atom stereocenters. The minimum atomic E-state index is -0.612. The van der Waals surface area contributed by atoms with E-state index in [0.29, 0.717) is 58.3 Å². The van der Waals surface area contributed by atoms with E-state index in [2.05, 4.69) is 17.6 Å². The smallest absolute Gasteiger partial charge is 0.237 e. The molecule has 3 amide bonds. The molecule has 6 N–H and O–H groups in total. The largest absolute Gasteiger partial charge is 0.355 e. The molecule has 0 aliphatic carbocycles. The van der Waals surface area contributed by atoms with Crippen LogP contribution in [0.25, 0.3) is 0 Å². The van der Waals surface area contributed by atoms with E-state index in [9.17, 15) is 14.4 Å². The Morgan fingerprint density at radius 2 is 1.02 bits per heavy atom. The second-order valence-electron chi connectivity index (χ2n) is 11.8. The van der Waals surface area contributed by atoms with Gasteiger partial charge in [0.25, 0.3) is 0 Å². The Morgan fingerprint density at radius 1 is 0.614 bits per heavy atom. The Labute approximate surface area is 265 Å². The average Bonchev–Trinajstić information content (AvgIpc) is 3.03. The zero-order valence-electron chi connectivity index (χ0n) is 27.0. The van der Waals surface area contributed by atoms with Crippen LogP contribution in [-0.4, -0.2) is 60.9 Å². The molecule has 0 fully saturated rings. The second-order valence-corrected chi connectivity index (χ2v) is 11.8. The number of nitrogens with zero attached hydrogens (tertiary/aromatic N) is 1. The first kappa shape index (κ1) is 37.0. The quantitative estimate of drug-likeness (QED) is 0.126. The third kappa shape index (κ3) is 16.6. The van der Waals surface area contributed by atoms with E-state index in [4.69, 9.17) is 11.5 Å². The molecule has 0 bridgehead atoms. The van der Waals surface area contributed by atoms with E-state index in [0.717, 1.165) is 24.0 Å². The summed E-state index contributed by atoms with van der Waals surface area (Å²) in [5, 5.41) is 5.85. The van der Waals surface area contributed by atoms with Crippen LogP contribution in [0.3, 0.4) is 0 Å². The number of hydrogen-bond acceptors (Lipinski definition) is 5. The molecule has 0 heterocycles. The van der Waals surface area contributed by atoms with Crippen molar-refractivity contribution in [3.63, 3.8) is 0 Å². The molecular weight excluding hydrogens is 550 g/mol. The van der Waals surface area contributed by atoms with E-state index < -0.39 is 12.1 Å². The highest BCUT2D eigenvalue weighted by molar-refractivity contribution is 5.82. The summed E-state index contributed by atoms with van der Waals surface area (Å²) >= 11 is 0. The summed E-state index contributed by atoms with van der Waals surface area (Å²) in [6.45, 7) is 4.23. The number of hydrogen-bond donors (Lipinski definition) is 4. The van der Waals surface area contributed by atoms with Crippen molar-refractivity contribution in [3.8, 4) is 0 Å². The molecule has 0 aromatic heterocycles. The number of nitrogens with two attached hydrogens (primary N) is 2. The monoisotopic (exact) mass is 607 g/mol. The van der Waals surface area contributed by atoms with E-state index >= 15 is 0 Å². The normalized spacial score (nSPS) is 12.3. The highest BCUT2D eigenvalue weighted by Gasteiger charge is 2.17. The molecule has 2 rings (SSSR count). The minimum Gasteiger partial charge on any atom is -0.355 e. The number of benzene rings is 2. The van der Waals surface area contributed by atoms with E-state index in [-0.39, 0.29) is 17.7 Å². The highest BCUT2D eigenvalue weighted by atomic mass is 16.2. The van der Waals surface area contributed by atoms with Gasteiger partial charge in [0.05, 0.1) is 12.1 Å². The van der Waals surface area contributed by atoms with Crippen molar-refractivity contribution in [1.29, 1.82) is 0 Å². The predicted octanol–water partition coefficient (Wildman–Crippen LogP) is 4.89. The van der Waals surface area contributed by atoms with Gasteiger partial charge in [0.2, 0.25) is 17.7 Å². The summed E-state index contributed by atoms with van der Waals surface area (Å²) < 4.78 is 0. The molecule has 8 heteroatoms. The first-order chi connectivity index (χ1) is 21.4. The van der Waals surface area contributed by atoms with Crippen LogP contribution in [0.4, 0.5) is 0 Å². The minimum absolute atomic E-state index is 0.132. The summed E-state index contributed by atoms with van der Waals surface area (Å²) in [5.41, 5.74) is 14.3. The summed E-state index contributed by atoms with van der Waals surface area (Å²) in [7, 11) is 0. The second kappa shape index (κ2) is 23.2. The lowest BCUT2D eigenvalue weighted by atomic mass is 10.1. The fraction of sp³-hybridized carbons (Fsp3) is 0.583. The van der Waals surface area contributed by atoms with Gasteiger partial charge in [-0.05, 0) is 43.2 Å². The van der Waals surface area contributed by atoms with Gasteiger partial charge >= 0.3 is 0 Å². The molecule has 2 aromatic carbocycles. The van der Waals surface area contributed by atoms with Gasteiger partial charge in [-0.2, -0.15) is 0 Å². The Bertz CT molecular complexity index is 983. The molecule has 2 aromatic rings. The van der Waals surface area contributed by atoms with Crippen LogP contribution in [0, 0.1) is 0 Å². The average molecular weight is 608 g/mol. The molecule has 0 spiro atoms. The van der Waals surface area contributed by atoms with Crippen LogP contribution in [-0.2, 0) is 27.2 Å². The predicted molar refractivity (Wildman–Crippen MR) is 180 cm³/mol. The van der Waals surface area contributed by atoms with Crippen molar-refractivity contribution in [2.75, 3.05) is 26.2 Å². The number of amides is 3. The molecule has 0 aliphatic rings. The fourth-order valence-corrected chi connectivity index (χ4v) is 5.25. The lowest BCUT2D eigenvalue weighted by Gasteiger charge is -2.23. The van der Waals surface area contributed by atoms with Gasteiger partial charge in [-0.15, -0.1) is 0 Å². The molecule has 8 nitrogen and oxygen atoms in total. The summed E-state index contributed by atoms with van der Waals surface area (Å²) in [5.74, 6) is -0.237. The van der Waals surface area contributed by atoms with Gasteiger partial charge in [-0.3, -0.25) is 14.4 Å². The first-order valence-electron chi connectivity index (χ1n) is 16.8. The standard InChI is InChI=1S/C36H57N5O3/c1-2-3-4-5-6-7-8-9-16-23-34(42)41(26-17-24-39-35(43)32(37)28-30-19-12-10-13-20-30)27-18-25-40-36(44)33(38)29-31-21-14-11-15-22-31/h10-15,19-22,32-33H,2-9,16-18,23-29,37-38H2,1H3,(H,39,43)(H,40,44)/t32-,33-/m1/s1. The van der Waals surface area contributed by atoms with Crippen molar-refractivity contribution in [2.24, 2.45) is 11.5 Å². The number of carbonyl (C=O) groups excluding carboxylic acids is 3. The number of rotatable bonds is 24. The van der Waals surface area contributed by atoms with Crippen molar-refractivity contribution in [1.82, 2.24) is 15.5 Å². The van der Waals surface area contributed by atoms with Crippen molar-refractivity contribution < 1.29 is 14.4 Å². The molecule has 0 aliphatic heterocycles. The molecular formula is C36H57N5O3. The zero-order valence-corrected chi connectivity index (χ0v) is 27.0. The molecule has 0 radical (unpaired) electrons.